The Morgan fingerprint density at radius 1 is 0.568 bits per heavy atom. The Kier molecular flexibility index (Phi) is 37.3. The zero-order chi connectivity index (χ0) is 27.7. The highest BCUT2D eigenvalue weighted by Crippen LogP contribution is 2.11. The van der Waals surface area contributed by atoms with Crippen LogP contribution in [0.3, 0.4) is 0 Å². The van der Waals surface area contributed by atoms with E-state index in [0.29, 0.717) is 0 Å². The average Bonchev–Trinajstić information content (AvgIpc) is 2.89. The van der Waals surface area contributed by atoms with Gasteiger partial charge in [0.1, 0.15) is 0 Å². The predicted molar refractivity (Wildman–Crippen MR) is 168 cm³/mol. The number of allylic oxidation sites excluding steroid dienone is 2. The second-order valence-corrected chi connectivity index (χ2v) is 11.0. The molecule has 0 heterocycles. The summed E-state index contributed by atoms with van der Waals surface area (Å²) in [6.07, 6.45) is 31.7. The quantitative estimate of drug-likeness (QED) is 0.0625. The van der Waals surface area contributed by atoms with Gasteiger partial charge in [-0.2, -0.15) is 0 Å². The number of hydrogen-bond acceptors (Lipinski definition) is 3. The van der Waals surface area contributed by atoms with Crippen LogP contribution >= 0.6 is 0 Å². The Balaban J connectivity index is 0. The maximum absolute atomic E-state index is 5.91. The summed E-state index contributed by atoms with van der Waals surface area (Å²) in [4.78, 5) is 0. The summed E-state index contributed by atoms with van der Waals surface area (Å²) >= 11 is 0. The molecule has 0 aromatic rings. The van der Waals surface area contributed by atoms with Crippen LogP contribution in [-0.4, -0.2) is 33.1 Å². The molecule has 0 aliphatic heterocycles. The number of likely N-dealkylation sites (N-methyl/N-ethyl adjacent to an activating group) is 1. The number of hydrogen-bond donors (Lipinski definition) is 1. The highest BCUT2D eigenvalue weighted by atomic mass is 16.7. The molecule has 0 bridgehead atoms. The van der Waals surface area contributed by atoms with Gasteiger partial charge in [0.15, 0.2) is 6.29 Å². The highest BCUT2D eigenvalue weighted by Gasteiger charge is 2.07. The minimum Gasteiger partial charge on any atom is -0.351 e. The molecular formula is C34H71NO2. The molecule has 3 nitrogen and oxygen atoms in total. The lowest BCUT2D eigenvalue weighted by Gasteiger charge is -2.18. The Bertz CT molecular complexity index is 402. The number of rotatable bonds is 28. The molecule has 0 aromatic heterocycles. The second-order valence-electron chi connectivity index (χ2n) is 11.0. The van der Waals surface area contributed by atoms with Crippen molar-refractivity contribution < 1.29 is 9.47 Å². The molecule has 0 saturated heterocycles. The molecule has 1 N–H and O–H groups in total. The molecule has 0 saturated carbocycles. The molecule has 3 heteroatoms. The van der Waals surface area contributed by atoms with Gasteiger partial charge in [-0.25, -0.2) is 0 Å². The average molecular weight is 526 g/mol. The molecule has 0 aliphatic rings. The van der Waals surface area contributed by atoms with Crippen molar-refractivity contribution in [1.29, 1.82) is 0 Å². The third-order valence-electron chi connectivity index (χ3n) is 6.92. The normalized spacial score (nSPS) is 11.7. The SMILES string of the molecule is CCCCC/C=C(/C)CCC.CCCCCCCCCCOC(CNC)OCCCCCCCCCC. The fraction of sp³-hybridized carbons (Fsp3) is 0.941. The van der Waals surface area contributed by atoms with Gasteiger partial charge in [0, 0.05) is 19.8 Å². The number of ether oxygens (including phenoxy) is 2. The monoisotopic (exact) mass is 526 g/mol. The van der Waals surface area contributed by atoms with E-state index in [1.807, 2.05) is 7.05 Å². The molecular weight excluding hydrogens is 454 g/mol. The standard InChI is InChI=1S/C23H49NO2.C11H22/c1-4-6-8-10-12-14-16-18-20-25-23(22-24-3)26-21-19-17-15-13-11-9-7-5-2;1-4-6-7-8-10-11(3)9-5-2/h23-24H,4-22H2,1-3H3;10H,4-9H2,1-3H3/b;11-10-. The van der Waals surface area contributed by atoms with Gasteiger partial charge in [0.25, 0.3) is 0 Å². The van der Waals surface area contributed by atoms with Crippen LogP contribution < -0.4 is 5.32 Å². The van der Waals surface area contributed by atoms with Crippen LogP contribution in [0.2, 0.25) is 0 Å². The fourth-order valence-electron chi connectivity index (χ4n) is 4.47. The maximum atomic E-state index is 5.91. The third kappa shape index (κ3) is 35.6. The maximum Gasteiger partial charge on any atom is 0.169 e. The molecule has 0 amide bonds. The van der Waals surface area contributed by atoms with Crippen molar-refractivity contribution in [3.05, 3.63) is 11.6 Å². The van der Waals surface area contributed by atoms with Crippen LogP contribution in [0.1, 0.15) is 176 Å². The van der Waals surface area contributed by atoms with E-state index in [4.69, 9.17) is 9.47 Å². The van der Waals surface area contributed by atoms with Gasteiger partial charge in [0.2, 0.25) is 0 Å². The molecule has 0 unspecified atom stereocenters. The molecule has 224 valence electrons. The van der Waals surface area contributed by atoms with Crippen LogP contribution in [-0.2, 0) is 9.47 Å². The summed E-state index contributed by atoms with van der Waals surface area (Å²) in [6, 6.07) is 0. The van der Waals surface area contributed by atoms with Gasteiger partial charge in [-0.3, -0.25) is 0 Å². The first kappa shape index (κ1) is 38.8. The Hall–Kier alpha value is -0.380. The van der Waals surface area contributed by atoms with Crippen molar-refractivity contribution in [1.82, 2.24) is 5.32 Å². The molecule has 0 aliphatic carbocycles. The first-order valence-corrected chi connectivity index (χ1v) is 16.7. The van der Waals surface area contributed by atoms with Gasteiger partial charge < -0.3 is 14.8 Å². The Morgan fingerprint density at radius 3 is 1.38 bits per heavy atom. The Morgan fingerprint density at radius 2 is 0.973 bits per heavy atom. The van der Waals surface area contributed by atoms with E-state index in [9.17, 15) is 0 Å². The van der Waals surface area contributed by atoms with Crippen molar-refractivity contribution in [2.24, 2.45) is 0 Å². The van der Waals surface area contributed by atoms with Crippen molar-refractivity contribution in [2.75, 3.05) is 26.8 Å². The zero-order valence-corrected chi connectivity index (χ0v) is 26.6. The van der Waals surface area contributed by atoms with E-state index in [1.165, 1.54) is 128 Å². The lowest BCUT2D eigenvalue weighted by Crippen LogP contribution is -2.30. The van der Waals surface area contributed by atoms with Gasteiger partial charge in [-0.05, 0) is 46.1 Å². The van der Waals surface area contributed by atoms with Gasteiger partial charge in [-0.1, -0.05) is 148 Å². The lowest BCUT2D eigenvalue weighted by atomic mass is 10.1. The van der Waals surface area contributed by atoms with E-state index in [2.05, 4.69) is 46.0 Å². The smallest absolute Gasteiger partial charge is 0.169 e. The first-order chi connectivity index (χ1) is 18.2. The molecule has 0 rings (SSSR count). The third-order valence-corrected chi connectivity index (χ3v) is 6.92. The molecule has 37 heavy (non-hydrogen) atoms. The summed E-state index contributed by atoms with van der Waals surface area (Å²) < 4.78 is 11.8. The second kappa shape index (κ2) is 35.6. The summed E-state index contributed by atoms with van der Waals surface area (Å²) in [5.74, 6) is 0. The first-order valence-electron chi connectivity index (χ1n) is 16.7. The highest BCUT2D eigenvalue weighted by molar-refractivity contribution is 4.97. The van der Waals surface area contributed by atoms with Gasteiger partial charge >= 0.3 is 0 Å². The van der Waals surface area contributed by atoms with Crippen molar-refractivity contribution in [3.8, 4) is 0 Å². The van der Waals surface area contributed by atoms with Crippen molar-refractivity contribution >= 4 is 0 Å². The summed E-state index contributed by atoms with van der Waals surface area (Å²) in [5.41, 5.74) is 1.57. The predicted octanol–water partition coefficient (Wildman–Crippen LogP) is 11.2. The van der Waals surface area contributed by atoms with Gasteiger partial charge in [0.05, 0.1) is 0 Å². The lowest BCUT2D eigenvalue weighted by molar-refractivity contribution is -0.140. The van der Waals surface area contributed by atoms with Crippen molar-refractivity contribution in [2.45, 2.75) is 182 Å². The van der Waals surface area contributed by atoms with Crippen LogP contribution in [0.4, 0.5) is 0 Å². The van der Waals surface area contributed by atoms with Crippen LogP contribution in [0.5, 0.6) is 0 Å². The largest absolute Gasteiger partial charge is 0.351 e. The summed E-state index contributed by atoms with van der Waals surface area (Å²) in [5, 5.41) is 3.18. The van der Waals surface area contributed by atoms with E-state index in [0.717, 1.165) is 32.6 Å². The van der Waals surface area contributed by atoms with Crippen molar-refractivity contribution in [3.63, 3.8) is 0 Å². The summed E-state index contributed by atoms with van der Waals surface area (Å²) in [7, 11) is 1.96. The topological polar surface area (TPSA) is 30.5 Å². The molecule has 0 fully saturated rings. The van der Waals surface area contributed by atoms with Crippen LogP contribution in [0.15, 0.2) is 11.6 Å². The van der Waals surface area contributed by atoms with E-state index >= 15 is 0 Å². The zero-order valence-electron chi connectivity index (χ0n) is 26.6. The minimum atomic E-state index is -0.0749. The van der Waals surface area contributed by atoms with E-state index in [-0.39, 0.29) is 6.29 Å². The molecule has 0 spiro atoms. The van der Waals surface area contributed by atoms with Gasteiger partial charge in [-0.15, -0.1) is 0 Å². The van der Waals surface area contributed by atoms with E-state index < -0.39 is 0 Å². The molecule has 0 radical (unpaired) electrons. The Labute approximate surface area is 235 Å². The van der Waals surface area contributed by atoms with Crippen LogP contribution in [0.25, 0.3) is 0 Å². The fourth-order valence-corrected chi connectivity index (χ4v) is 4.47. The molecule has 0 aromatic carbocycles. The minimum absolute atomic E-state index is 0.0749. The number of nitrogens with one attached hydrogen (secondary N) is 1. The molecule has 0 atom stereocenters. The van der Waals surface area contributed by atoms with Crippen LogP contribution in [0, 0.1) is 0 Å². The number of unbranched alkanes of at least 4 members (excludes halogenated alkanes) is 17. The summed E-state index contributed by atoms with van der Waals surface area (Å²) in [6.45, 7) is 13.7. The van der Waals surface area contributed by atoms with E-state index in [1.54, 1.807) is 5.57 Å².